The maximum Gasteiger partial charge on any atom is 0.416 e. The first-order chi connectivity index (χ1) is 15.2. The van der Waals surface area contributed by atoms with E-state index < -0.39 is 23.8 Å². The lowest BCUT2D eigenvalue weighted by Gasteiger charge is -2.35. The second-order valence-electron chi connectivity index (χ2n) is 8.02. The number of benzene rings is 2. The molecule has 0 radical (unpaired) electrons. The molecule has 0 aromatic heterocycles. The Kier molecular flexibility index (Phi) is 7.56. The molecule has 0 saturated carbocycles. The lowest BCUT2D eigenvalue weighted by Crippen LogP contribution is -2.49. The number of alkyl halides is 3. The zero-order chi connectivity index (χ0) is 23.3. The number of likely N-dealkylation sites (tertiary alicyclic amines) is 1. The zero-order valence-corrected chi connectivity index (χ0v) is 18.1. The molecule has 172 valence electrons. The normalized spacial score (nSPS) is 18.1. The quantitative estimate of drug-likeness (QED) is 0.650. The Morgan fingerprint density at radius 1 is 1.16 bits per heavy atom. The van der Waals surface area contributed by atoms with Gasteiger partial charge in [0.15, 0.2) is 0 Å². The number of nitrogens with one attached hydrogen (secondary N) is 1. The summed E-state index contributed by atoms with van der Waals surface area (Å²) in [6.45, 7) is 2.78. The standard InChI is InChI=1S/C24H27F3N2O3/c1-16(18-9-11-19(12-10-18)23(31)32-2)28-22(30)21-8-3-4-13-29(21)15-17-6-5-7-20(14-17)24(25,26)27/h5-7,9-12,14,16,21H,3-4,8,13,15H2,1-2H3,(H,28,30)/t16-,21+/m0/s1. The highest BCUT2D eigenvalue weighted by Gasteiger charge is 2.32. The SMILES string of the molecule is COC(=O)c1ccc([C@H](C)NC(=O)[C@H]2CCCCN2Cc2cccc(C(F)(F)F)c2)cc1. The number of rotatable bonds is 6. The minimum atomic E-state index is -4.40. The van der Waals surface area contributed by atoms with E-state index in [1.165, 1.54) is 13.2 Å². The number of halogens is 3. The number of nitrogens with zero attached hydrogens (tertiary/aromatic N) is 1. The molecule has 32 heavy (non-hydrogen) atoms. The number of carbonyl (C=O) groups excluding carboxylic acids is 2. The van der Waals surface area contributed by atoms with E-state index in [0.717, 1.165) is 30.5 Å². The third-order valence-electron chi connectivity index (χ3n) is 5.75. The van der Waals surface area contributed by atoms with Crippen LogP contribution in [0.15, 0.2) is 48.5 Å². The van der Waals surface area contributed by atoms with Crippen molar-refractivity contribution in [2.45, 2.75) is 51.0 Å². The largest absolute Gasteiger partial charge is 0.465 e. The molecule has 1 N–H and O–H groups in total. The van der Waals surface area contributed by atoms with Gasteiger partial charge in [-0.3, -0.25) is 9.69 Å². The summed E-state index contributed by atoms with van der Waals surface area (Å²) < 4.78 is 43.8. The summed E-state index contributed by atoms with van der Waals surface area (Å²) in [5, 5.41) is 3.00. The first-order valence-electron chi connectivity index (χ1n) is 10.6. The highest BCUT2D eigenvalue weighted by molar-refractivity contribution is 5.89. The third-order valence-corrected chi connectivity index (χ3v) is 5.75. The Morgan fingerprint density at radius 2 is 1.88 bits per heavy atom. The fourth-order valence-electron chi connectivity index (χ4n) is 3.98. The van der Waals surface area contributed by atoms with Crippen molar-refractivity contribution in [2.75, 3.05) is 13.7 Å². The number of methoxy groups -OCH3 is 1. The monoisotopic (exact) mass is 448 g/mol. The second kappa shape index (κ2) is 10.2. The summed E-state index contributed by atoms with van der Waals surface area (Å²) in [6.07, 6.45) is -1.96. The molecule has 1 amide bonds. The van der Waals surface area contributed by atoms with Crippen LogP contribution in [0.25, 0.3) is 0 Å². The number of hydrogen-bond acceptors (Lipinski definition) is 4. The zero-order valence-electron chi connectivity index (χ0n) is 18.1. The summed E-state index contributed by atoms with van der Waals surface area (Å²) >= 11 is 0. The predicted octanol–water partition coefficient (Wildman–Crippen LogP) is 4.72. The van der Waals surface area contributed by atoms with Crippen LogP contribution in [-0.2, 0) is 22.3 Å². The molecule has 0 unspecified atom stereocenters. The van der Waals surface area contributed by atoms with Crippen LogP contribution in [0.2, 0.25) is 0 Å². The lowest BCUT2D eigenvalue weighted by molar-refractivity contribution is -0.137. The van der Waals surface area contributed by atoms with Crippen LogP contribution in [0.5, 0.6) is 0 Å². The van der Waals surface area contributed by atoms with Crippen molar-refractivity contribution < 1.29 is 27.5 Å². The molecule has 1 saturated heterocycles. The van der Waals surface area contributed by atoms with Crippen LogP contribution in [0.1, 0.15) is 59.3 Å². The first-order valence-corrected chi connectivity index (χ1v) is 10.6. The summed E-state index contributed by atoms with van der Waals surface area (Å²) in [5.74, 6) is -0.582. The van der Waals surface area contributed by atoms with Crippen LogP contribution in [0.4, 0.5) is 13.2 Å². The molecule has 1 heterocycles. The minimum Gasteiger partial charge on any atom is -0.465 e. The number of esters is 1. The predicted molar refractivity (Wildman–Crippen MR) is 114 cm³/mol. The third kappa shape index (κ3) is 5.88. The Bertz CT molecular complexity index is 944. The van der Waals surface area contributed by atoms with E-state index in [1.807, 2.05) is 11.8 Å². The molecule has 0 spiro atoms. The molecular formula is C24H27F3N2O3. The van der Waals surface area contributed by atoms with Crippen molar-refractivity contribution >= 4 is 11.9 Å². The molecule has 0 bridgehead atoms. The lowest BCUT2D eigenvalue weighted by atomic mass is 9.99. The van der Waals surface area contributed by atoms with Crippen molar-refractivity contribution in [3.63, 3.8) is 0 Å². The van der Waals surface area contributed by atoms with Gasteiger partial charge < -0.3 is 10.1 Å². The molecule has 2 aromatic rings. The maximum absolute atomic E-state index is 13.0. The van der Waals surface area contributed by atoms with Gasteiger partial charge in [0.1, 0.15) is 0 Å². The van der Waals surface area contributed by atoms with Gasteiger partial charge in [-0.1, -0.05) is 36.8 Å². The fraction of sp³-hybridized carbons (Fsp3) is 0.417. The van der Waals surface area contributed by atoms with Gasteiger partial charge in [0.2, 0.25) is 5.91 Å². The molecule has 2 aromatic carbocycles. The molecule has 2 atom stereocenters. The van der Waals surface area contributed by atoms with Crippen LogP contribution in [0.3, 0.4) is 0 Å². The van der Waals surface area contributed by atoms with Gasteiger partial charge >= 0.3 is 12.1 Å². The van der Waals surface area contributed by atoms with E-state index in [-0.39, 0.29) is 18.5 Å². The number of amides is 1. The summed E-state index contributed by atoms with van der Waals surface area (Å²) in [5.41, 5.74) is 1.11. The first kappa shape index (κ1) is 23.8. The Hall–Kier alpha value is -2.87. The van der Waals surface area contributed by atoms with E-state index in [9.17, 15) is 22.8 Å². The summed E-state index contributed by atoms with van der Waals surface area (Å²) in [4.78, 5) is 26.6. The smallest absolute Gasteiger partial charge is 0.416 e. The van der Waals surface area contributed by atoms with Crippen molar-refractivity contribution in [3.8, 4) is 0 Å². The van der Waals surface area contributed by atoms with Gasteiger partial charge in [0, 0.05) is 6.54 Å². The van der Waals surface area contributed by atoms with Crippen molar-refractivity contribution in [2.24, 2.45) is 0 Å². The average Bonchev–Trinajstić information content (AvgIpc) is 2.78. The van der Waals surface area contributed by atoms with E-state index in [0.29, 0.717) is 24.1 Å². The van der Waals surface area contributed by atoms with E-state index in [4.69, 9.17) is 4.74 Å². The molecule has 5 nitrogen and oxygen atoms in total. The van der Waals surface area contributed by atoms with Crippen LogP contribution < -0.4 is 5.32 Å². The highest BCUT2D eigenvalue weighted by Crippen LogP contribution is 2.30. The van der Waals surface area contributed by atoms with Crippen molar-refractivity contribution in [1.82, 2.24) is 10.2 Å². The molecular weight excluding hydrogens is 421 g/mol. The Morgan fingerprint density at radius 3 is 2.53 bits per heavy atom. The van der Waals surface area contributed by atoms with Gasteiger partial charge in [0.05, 0.1) is 30.3 Å². The second-order valence-corrected chi connectivity index (χ2v) is 8.02. The number of hydrogen-bond donors (Lipinski definition) is 1. The Balaban J connectivity index is 1.67. The average molecular weight is 448 g/mol. The van der Waals surface area contributed by atoms with Gasteiger partial charge in [-0.05, 0) is 55.6 Å². The van der Waals surface area contributed by atoms with Gasteiger partial charge in [-0.15, -0.1) is 0 Å². The van der Waals surface area contributed by atoms with Crippen LogP contribution in [0, 0.1) is 0 Å². The van der Waals surface area contributed by atoms with Gasteiger partial charge in [0.25, 0.3) is 0 Å². The van der Waals surface area contributed by atoms with Gasteiger partial charge in [-0.2, -0.15) is 13.2 Å². The number of ether oxygens (including phenoxy) is 1. The van der Waals surface area contributed by atoms with E-state index >= 15 is 0 Å². The Labute approximate surface area is 185 Å². The molecule has 1 aliphatic heterocycles. The van der Waals surface area contributed by atoms with Crippen LogP contribution in [-0.4, -0.2) is 36.5 Å². The van der Waals surface area contributed by atoms with E-state index in [2.05, 4.69) is 5.32 Å². The number of carbonyl (C=O) groups is 2. The topological polar surface area (TPSA) is 58.6 Å². The molecule has 1 fully saturated rings. The van der Waals surface area contributed by atoms with Crippen molar-refractivity contribution in [3.05, 3.63) is 70.8 Å². The van der Waals surface area contributed by atoms with E-state index in [1.54, 1.807) is 30.3 Å². The molecule has 0 aliphatic carbocycles. The fourth-order valence-corrected chi connectivity index (χ4v) is 3.98. The molecule has 8 heteroatoms. The highest BCUT2D eigenvalue weighted by atomic mass is 19.4. The molecule has 1 aliphatic rings. The number of piperidine rings is 1. The summed E-state index contributed by atoms with van der Waals surface area (Å²) in [7, 11) is 1.31. The summed E-state index contributed by atoms with van der Waals surface area (Å²) in [6, 6.07) is 11.4. The minimum absolute atomic E-state index is 0.152. The maximum atomic E-state index is 13.0. The van der Waals surface area contributed by atoms with Crippen LogP contribution >= 0.6 is 0 Å². The molecule has 3 rings (SSSR count). The van der Waals surface area contributed by atoms with Gasteiger partial charge in [-0.25, -0.2) is 4.79 Å². The van der Waals surface area contributed by atoms with Crippen molar-refractivity contribution in [1.29, 1.82) is 0 Å².